The highest BCUT2D eigenvalue weighted by Gasteiger charge is 2.08. The molecule has 1 amide bonds. The average molecular weight is 309 g/mol. The van der Waals surface area contributed by atoms with Gasteiger partial charge in [0.2, 0.25) is 5.91 Å². The van der Waals surface area contributed by atoms with Crippen LogP contribution in [0.2, 0.25) is 5.02 Å². The molecule has 20 heavy (non-hydrogen) atoms. The summed E-state index contributed by atoms with van der Waals surface area (Å²) < 4.78 is 5.16. The first kappa shape index (κ1) is 14.6. The molecule has 104 valence electrons. The molecule has 1 N–H and O–H groups in total. The number of hydrogen-bond acceptors (Lipinski definition) is 4. The Morgan fingerprint density at radius 2 is 2.30 bits per heavy atom. The zero-order valence-corrected chi connectivity index (χ0v) is 12.6. The minimum atomic E-state index is -0.267. The molecule has 0 aliphatic carbocycles. The molecule has 0 fully saturated rings. The number of hydrogen-bond donors (Lipinski definition) is 1. The molecule has 2 aromatic rings. The van der Waals surface area contributed by atoms with Crippen LogP contribution in [0.25, 0.3) is 6.08 Å². The van der Waals surface area contributed by atoms with Crippen LogP contribution in [0.3, 0.4) is 0 Å². The summed E-state index contributed by atoms with van der Waals surface area (Å²) in [6.45, 7) is 1.92. The minimum Gasteiger partial charge on any atom is -0.493 e. The van der Waals surface area contributed by atoms with Gasteiger partial charge in [-0.3, -0.25) is 4.79 Å². The van der Waals surface area contributed by atoms with Crippen molar-refractivity contribution in [3.05, 3.63) is 45.4 Å². The van der Waals surface area contributed by atoms with E-state index in [1.54, 1.807) is 24.3 Å². The summed E-state index contributed by atoms with van der Waals surface area (Å²) in [6.07, 6.45) is 3.09. The van der Waals surface area contributed by atoms with Crippen LogP contribution in [-0.4, -0.2) is 18.0 Å². The molecule has 0 bridgehead atoms. The number of thiazole rings is 1. The van der Waals surface area contributed by atoms with Crippen molar-refractivity contribution >= 4 is 40.6 Å². The molecule has 1 aromatic heterocycles. The summed E-state index contributed by atoms with van der Waals surface area (Å²) in [4.78, 5) is 16.1. The number of ether oxygens (including phenoxy) is 1. The van der Waals surface area contributed by atoms with Crippen LogP contribution in [0.4, 0.5) is 5.69 Å². The highest BCUT2D eigenvalue weighted by molar-refractivity contribution is 7.09. The van der Waals surface area contributed by atoms with E-state index in [9.17, 15) is 4.79 Å². The van der Waals surface area contributed by atoms with Crippen LogP contribution in [0.1, 0.15) is 10.7 Å². The maximum Gasteiger partial charge on any atom is 0.248 e. The molecule has 4 nitrogen and oxygen atoms in total. The Morgan fingerprint density at radius 3 is 2.95 bits per heavy atom. The number of halogens is 1. The fraction of sp³-hybridized carbons (Fsp3) is 0.143. The Labute approximate surface area is 126 Å². The van der Waals surface area contributed by atoms with Crippen molar-refractivity contribution in [2.24, 2.45) is 0 Å². The lowest BCUT2D eigenvalue weighted by molar-refractivity contribution is -0.111. The lowest BCUT2D eigenvalue weighted by atomic mass is 10.3. The zero-order valence-electron chi connectivity index (χ0n) is 11.0. The van der Waals surface area contributed by atoms with E-state index >= 15 is 0 Å². The van der Waals surface area contributed by atoms with Crippen LogP contribution in [0.15, 0.2) is 29.7 Å². The molecule has 0 spiro atoms. The van der Waals surface area contributed by atoms with Gasteiger partial charge in [-0.1, -0.05) is 17.7 Å². The van der Waals surface area contributed by atoms with Crippen LogP contribution < -0.4 is 10.1 Å². The molecule has 1 aromatic carbocycles. The molecular formula is C14H13ClN2O2S. The Hall–Kier alpha value is -1.85. The second kappa shape index (κ2) is 6.54. The number of benzene rings is 1. The van der Waals surface area contributed by atoms with Gasteiger partial charge in [-0.2, -0.15) is 0 Å². The molecule has 2 rings (SSSR count). The predicted octanol–water partition coefficient (Wildman–Crippen LogP) is 3.77. The lowest BCUT2D eigenvalue weighted by Gasteiger charge is -2.09. The first-order valence-electron chi connectivity index (χ1n) is 5.84. The number of anilines is 1. The summed E-state index contributed by atoms with van der Waals surface area (Å²) in [6, 6.07) is 5.17. The van der Waals surface area contributed by atoms with Gasteiger partial charge in [0.05, 0.1) is 28.5 Å². The number of amides is 1. The van der Waals surface area contributed by atoms with Gasteiger partial charge in [-0.05, 0) is 25.1 Å². The molecule has 0 atom stereocenters. The minimum absolute atomic E-state index is 0.267. The van der Waals surface area contributed by atoms with Gasteiger partial charge in [0.1, 0.15) is 0 Å². The third-order valence-corrected chi connectivity index (χ3v) is 3.56. The second-order valence-corrected chi connectivity index (χ2v) is 5.40. The number of carbonyl (C=O) groups excluding carboxylic acids is 1. The summed E-state index contributed by atoms with van der Waals surface area (Å²) in [5.41, 5.74) is 1.30. The molecule has 0 saturated carbocycles. The molecule has 1 heterocycles. The number of aromatic nitrogens is 1. The topological polar surface area (TPSA) is 51.2 Å². The fourth-order valence-electron chi connectivity index (χ4n) is 1.61. The van der Waals surface area contributed by atoms with Gasteiger partial charge >= 0.3 is 0 Å². The first-order chi connectivity index (χ1) is 9.60. The zero-order chi connectivity index (χ0) is 14.5. The third kappa shape index (κ3) is 3.59. The van der Waals surface area contributed by atoms with Crippen LogP contribution in [0, 0.1) is 6.92 Å². The quantitative estimate of drug-likeness (QED) is 0.875. The number of nitrogens with zero attached hydrogens (tertiary/aromatic N) is 1. The Morgan fingerprint density at radius 1 is 1.50 bits per heavy atom. The Bertz CT molecular complexity index is 652. The summed E-state index contributed by atoms with van der Waals surface area (Å²) in [5, 5.41) is 6.02. The van der Waals surface area contributed by atoms with Crippen molar-refractivity contribution in [2.45, 2.75) is 6.92 Å². The van der Waals surface area contributed by atoms with Crippen molar-refractivity contribution in [1.82, 2.24) is 4.98 Å². The number of nitrogens with one attached hydrogen (secondary N) is 1. The Kier molecular flexibility index (Phi) is 4.76. The van der Waals surface area contributed by atoms with Crippen LogP contribution in [-0.2, 0) is 4.79 Å². The van der Waals surface area contributed by atoms with Crippen LogP contribution in [0.5, 0.6) is 5.75 Å². The highest BCUT2D eigenvalue weighted by Crippen LogP contribution is 2.32. The van der Waals surface area contributed by atoms with Crippen molar-refractivity contribution in [1.29, 1.82) is 0 Å². The van der Waals surface area contributed by atoms with Crippen molar-refractivity contribution in [3.8, 4) is 5.75 Å². The van der Waals surface area contributed by atoms with E-state index in [0.29, 0.717) is 16.5 Å². The molecule has 0 radical (unpaired) electrons. The van der Waals surface area contributed by atoms with E-state index in [-0.39, 0.29) is 5.91 Å². The molecule has 0 aliphatic rings. The SMILES string of the molecule is COc1c(Cl)cccc1NC(=O)C=Cc1csc(C)n1. The van der Waals surface area contributed by atoms with E-state index in [4.69, 9.17) is 16.3 Å². The number of carbonyl (C=O) groups is 1. The van der Waals surface area contributed by atoms with E-state index in [1.807, 2.05) is 12.3 Å². The summed E-state index contributed by atoms with van der Waals surface area (Å²) in [5.74, 6) is 0.177. The monoisotopic (exact) mass is 308 g/mol. The number of methoxy groups -OCH3 is 1. The molecule has 0 aliphatic heterocycles. The first-order valence-corrected chi connectivity index (χ1v) is 7.09. The van der Waals surface area contributed by atoms with Gasteiger partial charge < -0.3 is 10.1 Å². The molecule has 0 unspecified atom stereocenters. The lowest BCUT2D eigenvalue weighted by Crippen LogP contribution is -2.09. The second-order valence-electron chi connectivity index (χ2n) is 3.93. The van der Waals surface area contributed by atoms with Gasteiger partial charge in [0.15, 0.2) is 5.75 Å². The van der Waals surface area contributed by atoms with Crippen molar-refractivity contribution < 1.29 is 9.53 Å². The fourth-order valence-corrected chi connectivity index (χ4v) is 2.44. The highest BCUT2D eigenvalue weighted by atomic mass is 35.5. The standard InChI is InChI=1S/C14H13ClN2O2S/c1-9-16-10(8-20-9)6-7-13(18)17-12-5-3-4-11(15)14(12)19-2/h3-8H,1-2H3,(H,17,18). The normalized spacial score (nSPS) is 10.8. The van der Waals surface area contributed by atoms with Crippen LogP contribution >= 0.6 is 22.9 Å². The number of rotatable bonds is 4. The van der Waals surface area contributed by atoms with E-state index in [2.05, 4.69) is 10.3 Å². The molecular weight excluding hydrogens is 296 g/mol. The van der Waals surface area contributed by atoms with E-state index in [0.717, 1.165) is 10.7 Å². The molecule has 6 heteroatoms. The Balaban J connectivity index is 2.08. The maximum absolute atomic E-state index is 11.9. The van der Waals surface area contributed by atoms with Crippen molar-refractivity contribution in [3.63, 3.8) is 0 Å². The summed E-state index contributed by atoms with van der Waals surface area (Å²) >= 11 is 7.52. The van der Waals surface area contributed by atoms with Crippen molar-refractivity contribution in [2.75, 3.05) is 12.4 Å². The summed E-state index contributed by atoms with van der Waals surface area (Å²) in [7, 11) is 1.50. The maximum atomic E-state index is 11.9. The number of aryl methyl sites for hydroxylation is 1. The van der Waals surface area contributed by atoms with Gasteiger partial charge in [-0.15, -0.1) is 11.3 Å². The largest absolute Gasteiger partial charge is 0.493 e. The van der Waals surface area contributed by atoms with E-state index < -0.39 is 0 Å². The smallest absolute Gasteiger partial charge is 0.248 e. The van der Waals surface area contributed by atoms with Gasteiger partial charge in [0, 0.05) is 11.5 Å². The van der Waals surface area contributed by atoms with Gasteiger partial charge in [-0.25, -0.2) is 4.98 Å². The third-order valence-electron chi connectivity index (χ3n) is 2.47. The number of para-hydroxylation sites is 1. The predicted molar refractivity (Wildman–Crippen MR) is 82.5 cm³/mol. The average Bonchev–Trinajstić information content (AvgIpc) is 2.83. The van der Waals surface area contributed by atoms with Gasteiger partial charge in [0.25, 0.3) is 0 Å². The molecule has 0 saturated heterocycles. The van der Waals surface area contributed by atoms with E-state index in [1.165, 1.54) is 24.5 Å².